The number of aliphatic carboxylic acids is 1. The van der Waals surface area contributed by atoms with Crippen molar-refractivity contribution in [1.82, 2.24) is 10.6 Å². The normalized spacial score (nSPS) is 19.9. The average Bonchev–Trinajstić information content (AvgIpc) is 3.40. The number of alkyl carbamates (subject to hydrolysis) is 1. The third-order valence-corrected chi connectivity index (χ3v) is 7.04. The van der Waals surface area contributed by atoms with Gasteiger partial charge in [-0.25, -0.2) is 4.79 Å². The van der Waals surface area contributed by atoms with E-state index in [0.717, 1.165) is 28.7 Å². The Balaban J connectivity index is 1.34. The Morgan fingerprint density at radius 1 is 1.00 bits per heavy atom. The second kappa shape index (κ2) is 10.3. The standard InChI is InChI=1S/C27H32N2O5/c1-16(2)24(14-25(30)28-23-13-7-12-21(23)26(31)32)29-27(33)34-15-22-19-10-5-3-8-17(19)18-9-4-6-11-20(18)22/h3-6,8-11,16,21-24H,7,12-15H2,1-2H3,(H,28,30)(H,29,33)(H,31,32)/t21?,23?,24-/m0/s1. The SMILES string of the molecule is CC(C)[C@H](CC(=O)NC1CCCC1C(=O)O)NC(=O)OCC1c2ccccc2-c2ccccc21. The molecule has 2 aromatic rings. The zero-order chi connectivity index (χ0) is 24.2. The lowest BCUT2D eigenvalue weighted by Gasteiger charge is -2.24. The molecule has 0 aliphatic heterocycles. The minimum absolute atomic E-state index is 0.00470. The number of carboxylic acids is 1. The maximum Gasteiger partial charge on any atom is 0.407 e. The molecule has 0 heterocycles. The van der Waals surface area contributed by atoms with Gasteiger partial charge in [-0.1, -0.05) is 68.8 Å². The molecule has 2 unspecified atom stereocenters. The van der Waals surface area contributed by atoms with Gasteiger partial charge in [-0.15, -0.1) is 0 Å². The Hall–Kier alpha value is -3.35. The Bertz CT molecular complexity index is 1020. The summed E-state index contributed by atoms with van der Waals surface area (Å²) in [7, 11) is 0. The summed E-state index contributed by atoms with van der Waals surface area (Å²) >= 11 is 0. The summed E-state index contributed by atoms with van der Waals surface area (Å²) in [5, 5.41) is 15.0. The van der Waals surface area contributed by atoms with E-state index in [9.17, 15) is 19.5 Å². The number of hydrogen-bond acceptors (Lipinski definition) is 4. The molecule has 0 saturated heterocycles. The molecular weight excluding hydrogens is 432 g/mol. The fourth-order valence-electron chi connectivity index (χ4n) is 5.14. The first-order valence-electron chi connectivity index (χ1n) is 12.0. The molecule has 0 aromatic heterocycles. The van der Waals surface area contributed by atoms with E-state index < -0.39 is 24.0 Å². The molecule has 34 heavy (non-hydrogen) atoms. The lowest BCUT2D eigenvalue weighted by molar-refractivity contribution is -0.142. The molecule has 7 nitrogen and oxygen atoms in total. The average molecular weight is 465 g/mol. The summed E-state index contributed by atoms with van der Waals surface area (Å²) in [6.07, 6.45) is 1.54. The van der Waals surface area contributed by atoms with E-state index in [2.05, 4.69) is 34.9 Å². The van der Waals surface area contributed by atoms with Gasteiger partial charge in [0.1, 0.15) is 6.61 Å². The minimum Gasteiger partial charge on any atom is -0.481 e. The van der Waals surface area contributed by atoms with Crippen LogP contribution in [-0.2, 0) is 14.3 Å². The van der Waals surface area contributed by atoms with E-state index >= 15 is 0 Å². The Kier molecular flexibility index (Phi) is 7.20. The highest BCUT2D eigenvalue weighted by Gasteiger charge is 2.34. The Morgan fingerprint density at radius 2 is 1.62 bits per heavy atom. The van der Waals surface area contributed by atoms with Crippen molar-refractivity contribution in [2.45, 2.75) is 57.5 Å². The molecule has 2 amide bonds. The predicted molar refractivity (Wildman–Crippen MR) is 128 cm³/mol. The predicted octanol–water partition coefficient (Wildman–Crippen LogP) is 4.31. The molecule has 1 saturated carbocycles. The van der Waals surface area contributed by atoms with E-state index in [0.29, 0.717) is 12.8 Å². The van der Waals surface area contributed by atoms with Gasteiger partial charge in [0.25, 0.3) is 0 Å². The fourth-order valence-corrected chi connectivity index (χ4v) is 5.14. The van der Waals surface area contributed by atoms with Crippen LogP contribution in [0.5, 0.6) is 0 Å². The number of carboxylic acid groups (broad SMARTS) is 1. The first-order chi connectivity index (χ1) is 16.3. The number of carbonyl (C=O) groups is 3. The van der Waals surface area contributed by atoms with Gasteiger partial charge in [0, 0.05) is 24.4 Å². The van der Waals surface area contributed by atoms with E-state index in [-0.39, 0.29) is 36.8 Å². The molecule has 180 valence electrons. The molecule has 4 rings (SSSR count). The van der Waals surface area contributed by atoms with Gasteiger partial charge in [-0.05, 0) is 41.0 Å². The van der Waals surface area contributed by atoms with Crippen molar-refractivity contribution in [2.75, 3.05) is 6.61 Å². The molecule has 3 atom stereocenters. The summed E-state index contributed by atoms with van der Waals surface area (Å²) in [5.41, 5.74) is 4.60. The number of hydrogen-bond donors (Lipinski definition) is 3. The summed E-state index contributed by atoms with van der Waals surface area (Å²) in [4.78, 5) is 36.7. The van der Waals surface area contributed by atoms with Crippen molar-refractivity contribution in [1.29, 1.82) is 0 Å². The Labute approximate surface area is 199 Å². The molecule has 2 aliphatic rings. The molecule has 0 bridgehead atoms. The molecular formula is C27H32N2O5. The summed E-state index contributed by atoms with van der Waals surface area (Å²) < 4.78 is 5.62. The van der Waals surface area contributed by atoms with Gasteiger partial charge < -0.3 is 20.5 Å². The molecule has 7 heteroatoms. The number of fused-ring (bicyclic) bond motifs is 3. The first kappa shape index (κ1) is 23.8. The molecule has 0 spiro atoms. The molecule has 0 radical (unpaired) electrons. The maximum absolute atomic E-state index is 12.7. The molecule has 3 N–H and O–H groups in total. The van der Waals surface area contributed by atoms with Crippen LogP contribution >= 0.6 is 0 Å². The van der Waals surface area contributed by atoms with Crippen LogP contribution in [0.1, 0.15) is 56.6 Å². The van der Waals surface area contributed by atoms with Gasteiger partial charge in [0.2, 0.25) is 5.91 Å². The maximum atomic E-state index is 12.7. The third-order valence-electron chi connectivity index (χ3n) is 7.04. The molecule has 2 aromatic carbocycles. The molecule has 1 fully saturated rings. The van der Waals surface area contributed by atoms with Crippen LogP contribution in [0, 0.1) is 11.8 Å². The van der Waals surface area contributed by atoms with Gasteiger partial charge in [-0.3, -0.25) is 9.59 Å². The number of benzene rings is 2. The van der Waals surface area contributed by atoms with Crippen LogP contribution in [0.4, 0.5) is 4.79 Å². The smallest absolute Gasteiger partial charge is 0.407 e. The van der Waals surface area contributed by atoms with E-state index in [1.54, 1.807) is 0 Å². The highest BCUT2D eigenvalue weighted by Crippen LogP contribution is 2.44. The van der Waals surface area contributed by atoms with Gasteiger partial charge in [0.15, 0.2) is 0 Å². The first-order valence-corrected chi connectivity index (χ1v) is 12.0. The minimum atomic E-state index is -0.875. The number of nitrogens with one attached hydrogen (secondary N) is 2. The summed E-state index contributed by atoms with van der Waals surface area (Å²) in [6, 6.07) is 15.5. The summed E-state index contributed by atoms with van der Waals surface area (Å²) in [6.45, 7) is 4.06. The lowest BCUT2D eigenvalue weighted by atomic mass is 9.98. The zero-order valence-electron chi connectivity index (χ0n) is 19.6. The number of amides is 2. The van der Waals surface area contributed by atoms with Crippen LogP contribution < -0.4 is 10.6 Å². The van der Waals surface area contributed by atoms with E-state index in [4.69, 9.17) is 4.74 Å². The van der Waals surface area contributed by atoms with Crippen molar-refractivity contribution in [3.05, 3.63) is 59.7 Å². The zero-order valence-corrected chi connectivity index (χ0v) is 19.6. The second-order valence-electron chi connectivity index (χ2n) is 9.57. The van der Waals surface area contributed by atoms with E-state index in [1.807, 2.05) is 38.1 Å². The van der Waals surface area contributed by atoms with Crippen LogP contribution in [0.2, 0.25) is 0 Å². The van der Waals surface area contributed by atoms with Gasteiger partial charge >= 0.3 is 12.1 Å². The van der Waals surface area contributed by atoms with Crippen molar-refractivity contribution in [2.24, 2.45) is 11.8 Å². The number of rotatable bonds is 8. The van der Waals surface area contributed by atoms with Crippen LogP contribution in [0.3, 0.4) is 0 Å². The number of carbonyl (C=O) groups excluding carboxylic acids is 2. The highest BCUT2D eigenvalue weighted by molar-refractivity contribution is 5.80. The Morgan fingerprint density at radius 3 is 2.21 bits per heavy atom. The lowest BCUT2D eigenvalue weighted by Crippen LogP contribution is -2.46. The van der Waals surface area contributed by atoms with Crippen molar-refractivity contribution in [3.8, 4) is 11.1 Å². The fraction of sp³-hybridized carbons (Fsp3) is 0.444. The summed E-state index contributed by atoms with van der Waals surface area (Å²) in [5.74, 6) is -1.70. The topological polar surface area (TPSA) is 105 Å². The highest BCUT2D eigenvalue weighted by atomic mass is 16.5. The second-order valence-corrected chi connectivity index (χ2v) is 9.57. The van der Waals surface area contributed by atoms with Gasteiger partial charge in [-0.2, -0.15) is 0 Å². The number of ether oxygens (including phenoxy) is 1. The third kappa shape index (κ3) is 5.08. The molecule has 2 aliphatic carbocycles. The quantitative estimate of drug-likeness (QED) is 0.540. The van der Waals surface area contributed by atoms with Crippen molar-refractivity contribution >= 4 is 18.0 Å². The largest absolute Gasteiger partial charge is 0.481 e. The monoisotopic (exact) mass is 464 g/mol. The van der Waals surface area contributed by atoms with E-state index in [1.165, 1.54) is 0 Å². The van der Waals surface area contributed by atoms with Crippen molar-refractivity contribution < 1.29 is 24.2 Å². The van der Waals surface area contributed by atoms with Crippen LogP contribution in [-0.4, -0.2) is 41.8 Å². The van der Waals surface area contributed by atoms with Crippen LogP contribution in [0.25, 0.3) is 11.1 Å². The van der Waals surface area contributed by atoms with Crippen molar-refractivity contribution in [3.63, 3.8) is 0 Å². The van der Waals surface area contributed by atoms with Gasteiger partial charge in [0.05, 0.1) is 5.92 Å². The van der Waals surface area contributed by atoms with Crippen LogP contribution in [0.15, 0.2) is 48.5 Å².